The Kier molecular flexibility index (Phi) is 4.50. The Labute approximate surface area is 159 Å². The smallest absolute Gasteiger partial charge is 0.269 e. The highest BCUT2D eigenvalue weighted by atomic mass is 32.2. The number of hydrogen-bond acceptors (Lipinski definition) is 5. The first-order valence-corrected chi connectivity index (χ1v) is 9.81. The van der Waals surface area contributed by atoms with Crippen molar-refractivity contribution >= 4 is 46.0 Å². The number of fused-ring (bicyclic) bond motifs is 1. The van der Waals surface area contributed by atoms with Crippen molar-refractivity contribution in [2.24, 2.45) is 4.99 Å². The lowest BCUT2D eigenvalue weighted by atomic mass is 10.3. The van der Waals surface area contributed by atoms with Gasteiger partial charge in [0.2, 0.25) is 0 Å². The number of aliphatic imine (C=N–C) groups is 1. The normalized spacial score (nSPS) is 21.0. The molecule has 7 heteroatoms. The predicted octanol–water partition coefficient (Wildman–Crippen LogP) is 4.82. The average Bonchev–Trinajstić information content (AvgIpc) is 3.13. The molecule has 0 aromatic heterocycles. The second-order valence-corrected chi connectivity index (χ2v) is 7.77. The van der Waals surface area contributed by atoms with Crippen LogP contribution in [0.25, 0.3) is 0 Å². The minimum absolute atomic E-state index is 0.0882. The molecule has 2 aromatic rings. The lowest BCUT2D eigenvalue weighted by molar-refractivity contribution is -0.122. The van der Waals surface area contributed by atoms with Gasteiger partial charge in [-0.2, -0.15) is 0 Å². The van der Waals surface area contributed by atoms with Crippen molar-refractivity contribution in [2.75, 3.05) is 18.5 Å². The standard InChI is InChI=1S/C19H16FN3OS2/c1-3-23-17(24)16(26-19(23)21-12-8-5-4-6-9-12)18-22(2)15-13(20)10-7-11-14(15)25-18/h4-11H,3H2,1-2H3/b18-16+,21-19-. The maximum atomic E-state index is 14.2. The molecule has 26 heavy (non-hydrogen) atoms. The zero-order valence-electron chi connectivity index (χ0n) is 14.3. The van der Waals surface area contributed by atoms with Crippen LogP contribution in [0.1, 0.15) is 6.92 Å². The van der Waals surface area contributed by atoms with E-state index < -0.39 is 0 Å². The third-order valence-corrected chi connectivity index (χ3v) is 6.57. The molecule has 0 saturated carbocycles. The van der Waals surface area contributed by atoms with E-state index in [4.69, 9.17) is 0 Å². The first-order chi connectivity index (χ1) is 12.6. The van der Waals surface area contributed by atoms with Gasteiger partial charge in [0, 0.05) is 18.5 Å². The summed E-state index contributed by atoms with van der Waals surface area (Å²) in [5.41, 5.74) is 1.32. The lowest BCUT2D eigenvalue weighted by Crippen LogP contribution is -2.29. The molecule has 0 N–H and O–H groups in total. The fourth-order valence-corrected chi connectivity index (χ4v) is 5.31. The maximum absolute atomic E-state index is 14.2. The van der Waals surface area contributed by atoms with Gasteiger partial charge in [0.25, 0.3) is 5.91 Å². The van der Waals surface area contributed by atoms with Crippen LogP contribution in [0, 0.1) is 5.82 Å². The summed E-state index contributed by atoms with van der Waals surface area (Å²) >= 11 is 2.77. The van der Waals surface area contributed by atoms with Crippen molar-refractivity contribution in [1.82, 2.24) is 4.90 Å². The van der Waals surface area contributed by atoms with E-state index in [1.165, 1.54) is 29.6 Å². The molecular formula is C19H16FN3OS2. The summed E-state index contributed by atoms with van der Waals surface area (Å²) in [4.78, 5) is 22.4. The Bertz CT molecular complexity index is 943. The first-order valence-electron chi connectivity index (χ1n) is 8.18. The molecule has 0 atom stereocenters. The molecule has 4 rings (SSSR count). The maximum Gasteiger partial charge on any atom is 0.269 e. The number of carbonyl (C=O) groups excluding carboxylic acids is 1. The molecule has 0 spiro atoms. The van der Waals surface area contributed by atoms with Crippen molar-refractivity contribution < 1.29 is 9.18 Å². The zero-order valence-corrected chi connectivity index (χ0v) is 15.9. The highest BCUT2D eigenvalue weighted by Crippen LogP contribution is 2.50. The summed E-state index contributed by atoms with van der Waals surface area (Å²) in [5, 5.41) is 1.40. The van der Waals surface area contributed by atoms with Gasteiger partial charge < -0.3 is 4.90 Å². The first kappa shape index (κ1) is 17.2. The van der Waals surface area contributed by atoms with Crippen LogP contribution in [0.3, 0.4) is 0 Å². The predicted molar refractivity (Wildman–Crippen MR) is 106 cm³/mol. The topological polar surface area (TPSA) is 35.9 Å². The third kappa shape index (κ3) is 2.81. The average molecular weight is 385 g/mol. The van der Waals surface area contributed by atoms with E-state index in [-0.39, 0.29) is 11.7 Å². The van der Waals surface area contributed by atoms with Crippen molar-refractivity contribution in [3.63, 3.8) is 0 Å². The van der Waals surface area contributed by atoms with Gasteiger partial charge in [-0.25, -0.2) is 9.38 Å². The summed E-state index contributed by atoms with van der Waals surface area (Å²) in [7, 11) is 1.79. The number of carbonyl (C=O) groups is 1. The number of thioether (sulfide) groups is 2. The summed E-state index contributed by atoms with van der Waals surface area (Å²) in [5.74, 6) is -0.371. The van der Waals surface area contributed by atoms with Gasteiger partial charge >= 0.3 is 0 Å². The molecule has 0 radical (unpaired) electrons. The van der Waals surface area contributed by atoms with E-state index in [0.717, 1.165) is 15.6 Å². The van der Waals surface area contributed by atoms with E-state index in [0.29, 0.717) is 22.3 Å². The van der Waals surface area contributed by atoms with Crippen LogP contribution >= 0.6 is 23.5 Å². The van der Waals surface area contributed by atoms with Crippen LogP contribution in [0.15, 0.2) is 68.4 Å². The highest BCUT2D eigenvalue weighted by molar-refractivity contribution is 8.19. The van der Waals surface area contributed by atoms with Gasteiger partial charge in [0.05, 0.1) is 16.4 Å². The number of likely N-dealkylation sites (N-methyl/N-ethyl adjacent to an activating group) is 1. The number of amidine groups is 1. The SMILES string of the molecule is CCN1C(=O)/C(=C2\Sc3cccc(F)c3N2C)S/C1=N\c1ccccc1. The van der Waals surface area contributed by atoms with E-state index >= 15 is 0 Å². The van der Waals surface area contributed by atoms with Gasteiger partial charge in [-0.05, 0) is 43.0 Å². The second kappa shape index (κ2) is 6.81. The van der Waals surface area contributed by atoms with Crippen LogP contribution < -0.4 is 4.90 Å². The Morgan fingerprint density at radius 3 is 2.54 bits per heavy atom. The number of para-hydroxylation sites is 2. The number of benzene rings is 2. The Morgan fingerprint density at radius 2 is 1.85 bits per heavy atom. The summed E-state index contributed by atoms with van der Waals surface area (Å²) in [6.07, 6.45) is 0. The van der Waals surface area contributed by atoms with Crippen molar-refractivity contribution in [3.05, 3.63) is 64.3 Å². The molecule has 0 bridgehead atoms. The zero-order chi connectivity index (χ0) is 18.3. The monoisotopic (exact) mass is 385 g/mol. The van der Waals surface area contributed by atoms with Gasteiger partial charge in [0.1, 0.15) is 10.7 Å². The van der Waals surface area contributed by atoms with E-state index in [1.807, 2.05) is 43.3 Å². The molecule has 1 amide bonds. The molecule has 1 saturated heterocycles. The minimum atomic E-state index is -0.283. The summed E-state index contributed by atoms with van der Waals surface area (Å²) in [6.45, 7) is 2.45. The number of nitrogens with zero attached hydrogens (tertiary/aromatic N) is 3. The van der Waals surface area contributed by atoms with E-state index in [2.05, 4.69) is 4.99 Å². The van der Waals surface area contributed by atoms with Crippen molar-refractivity contribution in [3.8, 4) is 0 Å². The fourth-order valence-electron chi connectivity index (χ4n) is 2.89. The number of amides is 1. The fraction of sp³-hybridized carbons (Fsp3) is 0.158. The molecular weight excluding hydrogens is 369 g/mol. The largest absolute Gasteiger partial charge is 0.335 e. The molecule has 0 unspecified atom stereocenters. The highest BCUT2D eigenvalue weighted by Gasteiger charge is 2.39. The molecule has 2 aromatic carbocycles. The number of anilines is 1. The number of rotatable bonds is 2. The Hall–Kier alpha value is -2.25. The molecule has 1 fully saturated rings. The Morgan fingerprint density at radius 1 is 1.08 bits per heavy atom. The van der Waals surface area contributed by atoms with Gasteiger partial charge in [0.15, 0.2) is 5.17 Å². The molecule has 0 aliphatic carbocycles. The lowest BCUT2D eigenvalue weighted by Gasteiger charge is -2.15. The van der Waals surface area contributed by atoms with Gasteiger partial charge in [-0.1, -0.05) is 36.0 Å². The van der Waals surface area contributed by atoms with Crippen LogP contribution in [0.5, 0.6) is 0 Å². The quantitative estimate of drug-likeness (QED) is 0.695. The molecule has 2 aliphatic heterocycles. The number of halogens is 1. The van der Waals surface area contributed by atoms with Crippen molar-refractivity contribution in [1.29, 1.82) is 0 Å². The van der Waals surface area contributed by atoms with E-state index in [1.54, 1.807) is 22.9 Å². The second-order valence-electron chi connectivity index (χ2n) is 5.76. The summed E-state index contributed by atoms with van der Waals surface area (Å²) < 4.78 is 14.2. The molecule has 2 heterocycles. The van der Waals surface area contributed by atoms with Crippen LogP contribution in [-0.2, 0) is 4.79 Å². The van der Waals surface area contributed by atoms with Crippen LogP contribution in [0.4, 0.5) is 15.8 Å². The van der Waals surface area contributed by atoms with Gasteiger partial charge in [-0.15, -0.1) is 0 Å². The van der Waals surface area contributed by atoms with Crippen molar-refractivity contribution in [2.45, 2.75) is 11.8 Å². The van der Waals surface area contributed by atoms with Crippen LogP contribution in [0.2, 0.25) is 0 Å². The summed E-state index contributed by atoms with van der Waals surface area (Å²) in [6, 6.07) is 14.6. The minimum Gasteiger partial charge on any atom is -0.335 e. The molecule has 132 valence electrons. The number of hydrogen-bond donors (Lipinski definition) is 0. The Balaban J connectivity index is 1.75. The van der Waals surface area contributed by atoms with E-state index in [9.17, 15) is 9.18 Å². The van der Waals surface area contributed by atoms with Gasteiger partial charge in [-0.3, -0.25) is 9.69 Å². The molecule has 4 nitrogen and oxygen atoms in total. The van der Waals surface area contributed by atoms with Crippen LogP contribution in [-0.4, -0.2) is 29.6 Å². The molecule has 2 aliphatic rings. The third-order valence-electron chi connectivity index (χ3n) is 4.15.